The molecule has 2 aromatic rings. The summed E-state index contributed by atoms with van der Waals surface area (Å²) in [5.74, 6) is -1.07. The van der Waals surface area contributed by atoms with E-state index in [2.05, 4.69) is 0 Å². The maximum absolute atomic E-state index is 13.6. The van der Waals surface area contributed by atoms with Crippen LogP contribution in [0.1, 0.15) is 19.4 Å². The Bertz CT molecular complexity index is 1080. The normalized spacial score (nSPS) is 20.4. The van der Waals surface area contributed by atoms with Crippen molar-refractivity contribution in [1.29, 1.82) is 0 Å². The van der Waals surface area contributed by atoms with Crippen LogP contribution in [-0.4, -0.2) is 45.4 Å². The lowest BCUT2D eigenvalue weighted by atomic mass is 10.1. The van der Waals surface area contributed by atoms with E-state index >= 15 is 0 Å². The second kappa shape index (κ2) is 9.97. The molecule has 9 heteroatoms. The summed E-state index contributed by atoms with van der Waals surface area (Å²) in [7, 11) is -4.02. The van der Waals surface area contributed by atoms with E-state index in [1.807, 2.05) is 6.92 Å². The fourth-order valence-corrected chi connectivity index (χ4v) is 4.73. The Kier molecular flexibility index (Phi) is 7.32. The lowest BCUT2D eigenvalue weighted by Gasteiger charge is -2.37. The van der Waals surface area contributed by atoms with E-state index in [-0.39, 0.29) is 11.5 Å². The zero-order chi connectivity index (χ0) is 23.3. The van der Waals surface area contributed by atoms with Crippen molar-refractivity contribution >= 4 is 27.6 Å². The number of hydrogen-bond donors (Lipinski definition) is 0. The number of sulfonamides is 1. The van der Waals surface area contributed by atoms with E-state index in [0.717, 1.165) is 9.87 Å². The van der Waals surface area contributed by atoms with Crippen LogP contribution in [0.2, 0.25) is 0 Å². The highest BCUT2D eigenvalue weighted by Gasteiger charge is 2.38. The van der Waals surface area contributed by atoms with Crippen molar-refractivity contribution in [1.82, 2.24) is 0 Å². The predicted octanol–water partition coefficient (Wildman–Crippen LogP) is 2.97. The van der Waals surface area contributed by atoms with Gasteiger partial charge in [-0.15, -0.1) is 0 Å². The van der Waals surface area contributed by atoms with Crippen LogP contribution in [-0.2, 0) is 33.8 Å². The van der Waals surface area contributed by atoms with Crippen LogP contribution in [0.3, 0.4) is 0 Å². The first-order valence-corrected chi connectivity index (χ1v) is 11.4. The Balaban J connectivity index is 2.02. The molecule has 0 unspecified atom stereocenters. The molecule has 0 aliphatic carbocycles. The monoisotopic (exact) mass is 459 g/mol. The molecule has 3 atom stereocenters. The minimum Gasteiger partial charge on any atom is -0.463 e. The number of carbonyl (C=O) groups is 2. The molecule has 0 bridgehead atoms. The number of aryl methyl sites for hydroxylation is 1. The number of anilines is 1. The van der Waals surface area contributed by atoms with Crippen LogP contribution in [0, 0.1) is 6.92 Å². The molecule has 0 amide bonds. The fourth-order valence-electron chi connectivity index (χ4n) is 3.23. The molecule has 3 rings (SSSR count). The number of carbonyl (C=O) groups excluding carboxylic acids is 2. The molecule has 2 aromatic carbocycles. The highest BCUT2D eigenvalue weighted by molar-refractivity contribution is 7.92. The molecule has 0 aromatic heterocycles. The van der Waals surface area contributed by atoms with Crippen LogP contribution >= 0.6 is 0 Å². The van der Waals surface area contributed by atoms with Crippen LogP contribution in [0.15, 0.2) is 71.6 Å². The number of esters is 2. The smallest absolute Gasteiger partial charge is 0.303 e. The Hall–Kier alpha value is -3.17. The summed E-state index contributed by atoms with van der Waals surface area (Å²) < 4.78 is 44.7. The van der Waals surface area contributed by atoms with Crippen LogP contribution in [0.5, 0.6) is 0 Å². The van der Waals surface area contributed by atoms with Crippen molar-refractivity contribution in [2.24, 2.45) is 0 Å². The lowest BCUT2D eigenvalue weighted by Crippen LogP contribution is -2.49. The van der Waals surface area contributed by atoms with Crippen molar-refractivity contribution in [2.45, 2.75) is 44.1 Å². The first-order chi connectivity index (χ1) is 15.2. The van der Waals surface area contributed by atoms with Crippen molar-refractivity contribution in [2.75, 3.05) is 10.9 Å². The largest absolute Gasteiger partial charge is 0.463 e. The van der Waals surface area contributed by atoms with Gasteiger partial charge in [0, 0.05) is 13.8 Å². The van der Waals surface area contributed by atoms with E-state index in [9.17, 15) is 18.0 Å². The molecule has 1 aliphatic heterocycles. The average Bonchev–Trinajstić information content (AvgIpc) is 2.74. The molecular formula is C23H25NO7S. The Labute approximate surface area is 187 Å². The van der Waals surface area contributed by atoms with Crippen LogP contribution < -0.4 is 4.31 Å². The second-order valence-corrected chi connectivity index (χ2v) is 9.09. The zero-order valence-corrected chi connectivity index (χ0v) is 18.8. The Morgan fingerprint density at radius 3 is 2.22 bits per heavy atom. The third-order valence-corrected chi connectivity index (χ3v) is 6.52. The van der Waals surface area contributed by atoms with Crippen molar-refractivity contribution in [3.05, 3.63) is 72.3 Å². The molecule has 0 radical (unpaired) electrons. The molecular weight excluding hydrogens is 434 g/mol. The molecule has 32 heavy (non-hydrogen) atoms. The standard InChI is InChI=1S/C23H25NO7S/c1-16-9-11-20(12-10-16)32(27,28)24(19-7-5-4-6-8-19)23-14-13-21(30-18(3)26)22(31-23)15-29-17(2)25/h4-14,21-23H,15H2,1-3H3/t21-,22+,23-/m0/s1. The van der Waals surface area contributed by atoms with Gasteiger partial charge in [-0.05, 0) is 43.3 Å². The minimum atomic E-state index is -4.02. The molecule has 0 saturated heterocycles. The van der Waals surface area contributed by atoms with Gasteiger partial charge in [0.15, 0.2) is 6.23 Å². The number of nitrogens with zero attached hydrogens (tertiary/aromatic N) is 1. The van der Waals surface area contributed by atoms with Crippen molar-refractivity contribution in [3.8, 4) is 0 Å². The van der Waals surface area contributed by atoms with Gasteiger partial charge < -0.3 is 14.2 Å². The molecule has 170 valence electrons. The van der Waals surface area contributed by atoms with Gasteiger partial charge in [-0.1, -0.05) is 35.9 Å². The fraction of sp³-hybridized carbons (Fsp3) is 0.304. The van der Waals surface area contributed by atoms with Gasteiger partial charge in [0.05, 0.1) is 10.6 Å². The van der Waals surface area contributed by atoms with E-state index in [0.29, 0.717) is 5.69 Å². The third-order valence-electron chi connectivity index (χ3n) is 4.72. The van der Waals surface area contributed by atoms with E-state index in [1.165, 1.54) is 32.1 Å². The molecule has 0 saturated carbocycles. The Morgan fingerprint density at radius 2 is 1.62 bits per heavy atom. The quantitative estimate of drug-likeness (QED) is 0.464. The van der Waals surface area contributed by atoms with Gasteiger partial charge in [-0.2, -0.15) is 0 Å². The van der Waals surface area contributed by atoms with Gasteiger partial charge in [0.1, 0.15) is 18.8 Å². The summed E-state index contributed by atoms with van der Waals surface area (Å²) in [6, 6.07) is 15.0. The van der Waals surface area contributed by atoms with Crippen LogP contribution in [0.4, 0.5) is 5.69 Å². The summed E-state index contributed by atoms with van der Waals surface area (Å²) in [6.45, 7) is 4.16. The number of rotatable bonds is 7. The molecule has 0 spiro atoms. The van der Waals surface area contributed by atoms with E-state index < -0.39 is 40.4 Å². The van der Waals surface area contributed by atoms with Gasteiger partial charge in [-0.25, -0.2) is 12.7 Å². The molecule has 1 aliphatic rings. The summed E-state index contributed by atoms with van der Waals surface area (Å²) in [6.07, 6.45) is 0.275. The molecule has 0 N–H and O–H groups in total. The SMILES string of the molecule is CC(=O)OC[C@H]1O[C@H](N(c2ccccc2)S(=O)(=O)c2ccc(C)cc2)C=C[C@@H]1OC(C)=O. The zero-order valence-electron chi connectivity index (χ0n) is 18.0. The average molecular weight is 460 g/mol. The summed E-state index contributed by atoms with van der Waals surface area (Å²) >= 11 is 0. The molecule has 8 nitrogen and oxygen atoms in total. The lowest BCUT2D eigenvalue weighted by molar-refractivity contribution is -0.162. The number of ether oxygens (including phenoxy) is 3. The topological polar surface area (TPSA) is 99.2 Å². The maximum atomic E-state index is 13.6. The van der Waals surface area contributed by atoms with Crippen LogP contribution in [0.25, 0.3) is 0 Å². The summed E-state index contributed by atoms with van der Waals surface area (Å²) in [5.41, 5.74) is 1.31. The predicted molar refractivity (Wildman–Crippen MR) is 117 cm³/mol. The van der Waals surface area contributed by atoms with E-state index in [1.54, 1.807) is 48.5 Å². The van der Waals surface area contributed by atoms with E-state index in [4.69, 9.17) is 14.2 Å². The maximum Gasteiger partial charge on any atom is 0.303 e. The first kappa shape index (κ1) is 23.5. The highest BCUT2D eigenvalue weighted by atomic mass is 32.2. The third kappa shape index (κ3) is 5.54. The molecule has 0 fully saturated rings. The first-order valence-electron chi connectivity index (χ1n) is 9.99. The number of benzene rings is 2. The number of hydrogen-bond acceptors (Lipinski definition) is 7. The second-order valence-electron chi connectivity index (χ2n) is 7.28. The minimum absolute atomic E-state index is 0.0996. The molecule has 1 heterocycles. The van der Waals surface area contributed by atoms with Crippen molar-refractivity contribution < 1.29 is 32.2 Å². The van der Waals surface area contributed by atoms with Crippen molar-refractivity contribution in [3.63, 3.8) is 0 Å². The van der Waals surface area contributed by atoms with Gasteiger partial charge in [-0.3, -0.25) is 9.59 Å². The Morgan fingerprint density at radius 1 is 0.969 bits per heavy atom. The van der Waals surface area contributed by atoms with Gasteiger partial charge >= 0.3 is 11.9 Å². The summed E-state index contributed by atoms with van der Waals surface area (Å²) in [5, 5.41) is 0. The highest BCUT2D eigenvalue weighted by Crippen LogP contribution is 2.30. The number of para-hydroxylation sites is 1. The summed E-state index contributed by atoms with van der Waals surface area (Å²) in [4.78, 5) is 22.9. The van der Waals surface area contributed by atoms with Gasteiger partial charge in [0.25, 0.3) is 10.0 Å². The van der Waals surface area contributed by atoms with Gasteiger partial charge in [0.2, 0.25) is 0 Å².